The van der Waals surface area contributed by atoms with Crippen LogP contribution in [0.2, 0.25) is 0 Å². The molecule has 0 amide bonds. The molecule has 14 heavy (non-hydrogen) atoms. The van der Waals surface area contributed by atoms with Gasteiger partial charge < -0.3 is 4.74 Å². The molecule has 0 bridgehead atoms. The Hall–Kier alpha value is -0.640. The summed E-state index contributed by atoms with van der Waals surface area (Å²) in [4.78, 5) is 22.2. The molecule has 0 radical (unpaired) electrons. The molecule has 3 unspecified atom stereocenters. The molecule has 3 atom stereocenters. The van der Waals surface area contributed by atoms with Crippen molar-refractivity contribution < 1.29 is 18.7 Å². The van der Waals surface area contributed by atoms with Gasteiger partial charge in [0.05, 0.1) is 13.0 Å². The smallest absolute Gasteiger partial charge is 0.309 e. The fraction of sp³-hybridized carbons (Fsp3) is 0.778. The number of esters is 1. The molecule has 5 heteroatoms. The van der Waals surface area contributed by atoms with E-state index in [1.54, 1.807) is 0 Å². The Morgan fingerprint density at radius 1 is 1.36 bits per heavy atom. The van der Waals surface area contributed by atoms with Gasteiger partial charge in [-0.3, -0.25) is 9.59 Å². The number of rotatable bonds is 2. The van der Waals surface area contributed by atoms with Crippen LogP contribution in [-0.4, -0.2) is 24.5 Å². The van der Waals surface area contributed by atoms with Crippen LogP contribution >= 0.6 is 11.6 Å². The van der Waals surface area contributed by atoms with Crippen molar-refractivity contribution in [1.82, 2.24) is 0 Å². The Labute approximate surface area is 86.6 Å². The van der Waals surface area contributed by atoms with Crippen LogP contribution in [0.25, 0.3) is 0 Å². The third-order valence-corrected chi connectivity index (χ3v) is 2.86. The normalized spacial score (nSPS) is 32.4. The summed E-state index contributed by atoms with van der Waals surface area (Å²) < 4.78 is 17.5. The Balaban J connectivity index is 2.73. The van der Waals surface area contributed by atoms with Crippen molar-refractivity contribution in [1.29, 1.82) is 0 Å². The maximum absolute atomic E-state index is 13.0. The highest BCUT2D eigenvalue weighted by Crippen LogP contribution is 2.34. The molecule has 1 aliphatic carbocycles. The third kappa shape index (κ3) is 2.44. The molecule has 0 saturated heterocycles. The lowest BCUT2D eigenvalue weighted by molar-refractivity contribution is -0.151. The van der Waals surface area contributed by atoms with Crippen molar-refractivity contribution in [3.63, 3.8) is 0 Å². The summed E-state index contributed by atoms with van der Waals surface area (Å²) in [5.74, 6) is -1.85. The fourth-order valence-electron chi connectivity index (χ4n) is 1.80. The van der Waals surface area contributed by atoms with E-state index in [1.807, 2.05) is 0 Å². The zero-order valence-corrected chi connectivity index (χ0v) is 8.59. The van der Waals surface area contributed by atoms with E-state index in [-0.39, 0.29) is 12.8 Å². The standard InChI is InChI=1S/C9H12ClFO3/c1-14-9(13)7-4-5(11)2-3-6(7)8(10)12/h5-7H,2-4H2,1H3. The Morgan fingerprint density at radius 3 is 2.50 bits per heavy atom. The first-order valence-corrected chi connectivity index (χ1v) is 4.85. The van der Waals surface area contributed by atoms with Crippen LogP contribution in [0.1, 0.15) is 19.3 Å². The van der Waals surface area contributed by atoms with Crippen LogP contribution in [0.4, 0.5) is 4.39 Å². The van der Waals surface area contributed by atoms with Gasteiger partial charge in [-0.1, -0.05) is 0 Å². The monoisotopic (exact) mass is 222 g/mol. The molecule has 1 aliphatic rings. The van der Waals surface area contributed by atoms with Crippen molar-refractivity contribution in [2.75, 3.05) is 7.11 Å². The van der Waals surface area contributed by atoms with E-state index in [0.29, 0.717) is 6.42 Å². The molecule has 80 valence electrons. The molecule has 0 aromatic carbocycles. The SMILES string of the molecule is COC(=O)C1CC(F)CCC1C(=O)Cl. The van der Waals surface area contributed by atoms with Crippen LogP contribution in [0.3, 0.4) is 0 Å². The molecule has 1 rings (SSSR count). The number of hydrogen-bond acceptors (Lipinski definition) is 3. The molecule has 0 heterocycles. The Morgan fingerprint density at radius 2 is 2.00 bits per heavy atom. The van der Waals surface area contributed by atoms with Crippen molar-refractivity contribution in [3.05, 3.63) is 0 Å². The van der Waals surface area contributed by atoms with Gasteiger partial charge in [0.15, 0.2) is 0 Å². The summed E-state index contributed by atoms with van der Waals surface area (Å²) >= 11 is 5.33. The van der Waals surface area contributed by atoms with Gasteiger partial charge in [0.25, 0.3) is 0 Å². The third-order valence-electron chi connectivity index (χ3n) is 2.58. The molecule has 1 saturated carbocycles. The second-order valence-corrected chi connectivity index (χ2v) is 3.82. The van der Waals surface area contributed by atoms with Gasteiger partial charge >= 0.3 is 5.97 Å². The molecule has 0 aliphatic heterocycles. The van der Waals surface area contributed by atoms with Gasteiger partial charge in [0.1, 0.15) is 6.17 Å². The van der Waals surface area contributed by atoms with Gasteiger partial charge in [-0.15, -0.1) is 0 Å². The molecular weight excluding hydrogens is 211 g/mol. The summed E-state index contributed by atoms with van der Waals surface area (Å²) in [5.41, 5.74) is 0. The second kappa shape index (κ2) is 4.73. The predicted octanol–water partition coefficient (Wildman–Crippen LogP) is 1.68. The lowest BCUT2D eigenvalue weighted by Crippen LogP contribution is -2.35. The highest BCUT2D eigenvalue weighted by atomic mass is 35.5. The van der Waals surface area contributed by atoms with Crippen molar-refractivity contribution in [2.24, 2.45) is 11.8 Å². The lowest BCUT2D eigenvalue weighted by Gasteiger charge is -2.28. The number of alkyl halides is 1. The zero-order chi connectivity index (χ0) is 10.7. The highest BCUT2D eigenvalue weighted by Gasteiger charge is 2.39. The van der Waals surface area contributed by atoms with Crippen LogP contribution in [0, 0.1) is 11.8 Å². The largest absolute Gasteiger partial charge is 0.469 e. The van der Waals surface area contributed by atoms with E-state index in [0.717, 1.165) is 0 Å². The first-order valence-electron chi connectivity index (χ1n) is 4.47. The molecule has 1 fully saturated rings. The molecule has 0 aromatic rings. The average Bonchev–Trinajstić information content (AvgIpc) is 2.16. The lowest BCUT2D eigenvalue weighted by atomic mass is 9.79. The Bertz CT molecular complexity index is 244. The first kappa shape index (κ1) is 11.4. The quantitative estimate of drug-likeness (QED) is 0.527. The molecule has 3 nitrogen and oxygen atoms in total. The highest BCUT2D eigenvalue weighted by molar-refractivity contribution is 6.64. The average molecular weight is 223 g/mol. The molecule has 0 aromatic heterocycles. The van der Waals surface area contributed by atoms with Gasteiger partial charge in [-0.05, 0) is 30.9 Å². The number of carbonyl (C=O) groups is 2. The number of carbonyl (C=O) groups excluding carboxylic acids is 2. The summed E-state index contributed by atoms with van der Waals surface area (Å²) in [5, 5.41) is -0.577. The topological polar surface area (TPSA) is 43.4 Å². The molecule has 0 spiro atoms. The van der Waals surface area contributed by atoms with Gasteiger partial charge in [0.2, 0.25) is 5.24 Å². The van der Waals surface area contributed by atoms with Crippen LogP contribution < -0.4 is 0 Å². The predicted molar refractivity (Wildman–Crippen MR) is 48.6 cm³/mol. The zero-order valence-electron chi connectivity index (χ0n) is 7.83. The van der Waals surface area contributed by atoms with E-state index >= 15 is 0 Å². The maximum atomic E-state index is 13.0. The fourth-order valence-corrected chi connectivity index (χ4v) is 2.06. The van der Waals surface area contributed by atoms with Crippen LogP contribution in [-0.2, 0) is 14.3 Å². The van der Waals surface area contributed by atoms with Crippen molar-refractivity contribution in [2.45, 2.75) is 25.4 Å². The second-order valence-electron chi connectivity index (χ2n) is 3.45. The molecular formula is C9H12ClFO3. The van der Waals surface area contributed by atoms with E-state index < -0.39 is 29.2 Å². The van der Waals surface area contributed by atoms with E-state index in [9.17, 15) is 14.0 Å². The summed E-state index contributed by atoms with van der Waals surface area (Å²) in [6.07, 6.45) is -0.387. The minimum Gasteiger partial charge on any atom is -0.469 e. The first-order chi connectivity index (χ1) is 6.56. The summed E-state index contributed by atoms with van der Waals surface area (Å²) in [7, 11) is 1.22. The van der Waals surface area contributed by atoms with E-state index in [2.05, 4.69) is 4.74 Å². The Kier molecular flexibility index (Phi) is 3.86. The minimum atomic E-state index is -1.04. The van der Waals surface area contributed by atoms with Crippen molar-refractivity contribution >= 4 is 22.8 Å². The summed E-state index contributed by atoms with van der Waals surface area (Å²) in [6, 6.07) is 0. The van der Waals surface area contributed by atoms with Crippen molar-refractivity contribution in [3.8, 4) is 0 Å². The maximum Gasteiger partial charge on any atom is 0.309 e. The minimum absolute atomic E-state index is 0.0375. The summed E-state index contributed by atoms with van der Waals surface area (Å²) in [6.45, 7) is 0. The van der Waals surface area contributed by atoms with Crippen LogP contribution in [0.15, 0.2) is 0 Å². The van der Waals surface area contributed by atoms with Crippen LogP contribution in [0.5, 0.6) is 0 Å². The van der Waals surface area contributed by atoms with Gasteiger partial charge in [0, 0.05) is 5.92 Å². The number of ether oxygens (including phenoxy) is 1. The number of hydrogen-bond donors (Lipinski definition) is 0. The van der Waals surface area contributed by atoms with Gasteiger partial charge in [-0.2, -0.15) is 0 Å². The number of methoxy groups -OCH3 is 1. The molecule has 0 N–H and O–H groups in total. The van der Waals surface area contributed by atoms with E-state index in [4.69, 9.17) is 11.6 Å². The number of halogens is 2. The van der Waals surface area contributed by atoms with Gasteiger partial charge in [-0.25, -0.2) is 4.39 Å². The van der Waals surface area contributed by atoms with E-state index in [1.165, 1.54) is 7.11 Å².